The molecule has 164 valence electrons. The number of hydrogen-bond donors (Lipinski definition) is 1. The number of thiophene rings is 1. The Labute approximate surface area is 187 Å². The van der Waals surface area contributed by atoms with Gasteiger partial charge >= 0.3 is 0 Å². The zero-order valence-electron chi connectivity index (χ0n) is 18.0. The van der Waals surface area contributed by atoms with Crippen LogP contribution in [-0.4, -0.2) is 47.3 Å². The Bertz CT molecular complexity index is 1050. The van der Waals surface area contributed by atoms with Crippen LogP contribution in [0.3, 0.4) is 0 Å². The number of morpholine rings is 1. The van der Waals surface area contributed by atoms with Crippen LogP contribution >= 0.6 is 11.3 Å². The normalized spacial score (nSPS) is 20.9. The molecule has 1 saturated heterocycles. The molecule has 2 aromatic heterocycles. The van der Waals surface area contributed by atoms with Gasteiger partial charge in [0.15, 0.2) is 0 Å². The van der Waals surface area contributed by atoms with Gasteiger partial charge < -0.3 is 10.1 Å². The fraction of sp³-hybridized carbons (Fsp3) is 0.500. The Kier molecular flexibility index (Phi) is 6.07. The van der Waals surface area contributed by atoms with Crippen molar-refractivity contribution in [1.29, 1.82) is 0 Å². The summed E-state index contributed by atoms with van der Waals surface area (Å²) in [5.41, 5.74) is 2.29. The third kappa shape index (κ3) is 4.27. The van der Waals surface area contributed by atoms with Crippen LogP contribution in [0.1, 0.15) is 65.0 Å². The third-order valence-corrected chi connectivity index (χ3v) is 7.74. The molecule has 1 aromatic carbocycles. The number of carbonyl (C=O) groups is 1. The number of hydrogen-bond acceptors (Lipinski definition) is 5. The van der Waals surface area contributed by atoms with E-state index in [-0.39, 0.29) is 12.0 Å². The number of benzene rings is 1. The average molecular weight is 439 g/mol. The summed E-state index contributed by atoms with van der Waals surface area (Å²) in [6.45, 7) is 3.20. The summed E-state index contributed by atoms with van der Waals surface area (Å²) in [5.74, 6) is -0.0364. The second-order valence-electron chi connectivity index (χ2n) is 8.64. The van der Waals surface area contributed by atoms with Crippen molar-refractivity contribution < 1.29 is 9.53 Å². The number of ether oxygens (including phenoxy) is 1. The molecule has 1 aliphatic heterocycles. The van der Waals surface area contributed by atoms with Crippen molar-refractivity contribution in [2.75, 3.05) is 26.7 Å². The number of nitrogens with zero attached hydrogens (tertiary/aromatic N) is 3. The maximum absolute atomic E-state index is 12.6. The SMILES string of the molecule is CNC(=O)c1sc2ccccc2c1[C@H]1CN(Cc2cnn(C3CCCCC3)c2)CCO1. The van der Waals surface area contributed by atoms with E-state index >= 15 is 0 Å². The molecule has 2 aliphatic rings. The molecule has 7 heteroatoms. The van der Waals surface area contributed by atoms with E-state index in [0.29, 0.717) is 12.6 Å². The number of aromatic nitrogens is 2. The standard InChI is InChI=1S/C24H30N4O2S/c1-25-24(29)23-22(19-9-5-6-10-21(19)31-23)20-16-27(11-12-30-20)14-17-13-26-28(15-17)18-7-3-2-4-8-18/h5-6,9-10,13,15,18,20H,2-4,7-8,11-12,14,16H2,1H3,(H,25,29)/t20-/m1/s1. The van der Waals surface area contributed by atoms with E-state index in [2.05, 4.69) is 38.3 Å². The number of rotatable bonds is 5. The van der Waals surface area contributed by atoms with Crippen molar-refractivity contribution in [2.24, 2.45) is 0 Å². The summed E-state index contributed by atoms with van der Waals surface area (Å²) in [7, 11) is 1.69. The molecular weight excluding hydrogens is 408 g/mol. The molecule has 0 unspecified atom stereocenters. The zero-order valence-corrected chi connectivity index (χ0v) is 18.9. The number of nitrogens with one attached hydrogen (secondary N) is 1. The predicted molar refractivity (Wildman–Crippen MR) is 124 cm³/mol. The van der Waals surface area contributed by atoms with Crippen molar-refractivity contribution in [3.8, 4) is 0 Å². The first-order valence-corrected chi connectivity index (χ1v) is 12.1. The quantitative estimate of drug-likeness (QED) is 0.636. The third-order valence-electron chi connectivity index (χ3n) is 6.55. The van der Waals surface area contributed by atoms with E-state index in [1.807, 2.05) is 18.3 Å². The summed E-state index contributed by atoms with van der Waals surface area (Å²) < 4.78 is 9.51. The van der Waals surface area contributed by atoms with Gasteiger partial charge in [0, 0.05) is 48.7 Å². The lowest BCUT2D eigenvalue weighted by molar-refractivity contribution is -0.0323. The van der Waals surface area contributed by atoms with Crippen LogP contribution in [-0.2, 0) is 11.3 Å². The molecule has 1 amide bonds. The van der Waals surface area contributed by atoms with Crippen LogP contribution in [0.4, 0.5) is 0 Å². The Morgan fingerprint density at radius 2 is 2.10 bits per heavy atom. The van der Waals surface area contributed by atoms with Crippen LogP contribution in [0.15, 0.2) is 36.7 Å². The second kappa shape index (κ2) is 9.10. The summed E-state index contributed by atoms with van der Waals surface area (Å²) in [6.07, 6.45) is 10.6. The fourth-order valence-electron chi connectivity index (χ4n) is 4.95. The highest BCUT2D eigenvalue weighted by atomic mass is 32.1. The van der Waals surface area contributed by atoms with E-state index in [1.165, 1.54) is 37.7 Å². The average Bonchev–Trinajstić information content (AvgIpc) is 3.44. The first-order valence-electron chi connectivity index (χ1n) is 11.3. The Balaban J connectivity index is 1.34. The van der Waals surface area contributed by atoms with Crippen LogP contribution in [0.2, 0.25) is 0 Å². The van der Waals surface area contributed by atoms with Crippen molar-refractivity contribution in [3.05, 3.63) is 52.7 Å². The minimum absolute atomic E-state index is 0.0364. The van der Waals surface area contributed by atoms with Gasteiger partial charge in [-0.25, -0.2) is 0 Å². The van der Waals surface area contributed by atoms with Gasteiger partial charge in [0.1, 0.15) is 0 Å². The Hall–Kier alpha value is -2.22. The van der Waals surface area contributed by atoms with Gasteiger partial charge in [-0.15, -0.1) is 11.3 Å². The van der Waals surface area contributed by atoms with Crippen molar-refractivity contribution in [2.45, 2.75) is 50.8 Å². The summed E-state index contributed by atoms with van der Waals surface area (Å²) >= 11 is 1.55. The number of fused-ring (bicyclic) bond motifs is 1. The smallest absolute Gasteiger partial charge is 0.261 e. The number of carbonyl (C=O) groups excluding carboxylic acids is 1. The molecule has 1 saturated carbocycles. The van der Waals surface area contributed by atoms with Gasteiger partial charge in [0.25, 0.3) is 5.91 Å². The summed E-state index contributed by atoms with van der Waals surface area (Å²) in [4.78, 5) is 15.8. The summed E-state index contributed by atoms with van der Waals surface area (Å²) in [5, 5.41) is 8.60. The molecule has 3 heterocycles. The predicted octanol–water partition coefficient (Wildman–Crippen LogP) is 4.54. The molecule has 0 spiro atoms. The Morgan fingerprint density at radius 1 is 1.26 bits per heavy atom. The van der Waals surface area contributed by atoms with E-state index in [1.54, 1.807) is 18.4 Å². The van der Waals surface area contributed by atoms with Crippen molar-refractivity contribution in [1.82, 2.24) is 20.0 Å². The van der Waals surface area contributed by atoms with Crippen LogP contribution in [0.5, 0.6) is 0 Å². The van der Waals surface area contributed by atoms with Crippen molar-refractivity contribution >= 4 is 27.3 Å². The number of amides is 1. The molecule has 0 bridgehead atoms. The van der Waals surface area contributed by atoms with Crippen LogP contribution in [0, 0.1) is 0 Å². The van der Waals surface area contributed by atoms with Crippen molar-refractivity contribution in [3.63, 3.8) is 0 Å². The largest absolute Gasteiger partial charge is 0.371 e. The molecule has 1 N–H and O–H groups in total. The molecular formula is C24H30N4O2S. The zero-order chi connectivity index (χ0) is 21.2. The lowest BCUT2D eigenvalue weighted by atomic mass is 9.96. The van der Waals surface area contributed by atoms with E-state index in [4.69, 9.17) is 4.74 Å². The molecule has 5 rings (SSSR count). The molecule has 2 fully saturated rings. The molecule has 3 aromatic rings. The summed E-state index contributed by atoms with van der Waals surface area (Å²) in [6, 6.07) is 8.80. The maximum Gasteiger partial charge on any atom is 0.261 e. The topological polar surface area (TPSA) is 59.4 Å². The minimum Gasteiger partial charge on any atom is -0.371 e. The lowest BCUT2D eigenvalue weighted by Crippen LogP contribution is -2.38. The van der Waals surface area contributed by atoms with Gasteiger partial charge in [-0.2, -0.15) is 5.10 Å². The molecule has 6 nitrogen and oxygen atoms in total. The highest BCUT2D eigenvalue weighted by Crippen LogP contribution is 2.38. The monoisotopic (exact) mass is 438 g/mol. The van der Waals surface area contributed by atoms with Gasteiger partial charge in [0.05, 0.1) is 29.8 Å². The molecule has 1 aliphatic carbocycles. The minimum atomic E-state index is -0.106. The fourth-order valence-corrected chi connectivity index (χ4v) is 6.15. The Morgan fingerprint density at radius 3 is 2.94 bits per heavy atom. The van der Waals surface area contributed by atoms with Gasteiger partial charge in [0.2, 0.25) is 0 Å². The van der Waals surface area contributed by atoms with Gasteiger partial charge in [-0.3, -0.25) is 14.4 Å². The first-order chi connectivity index (χ1) is 15.2. The lowest BCUT2D eigenvalue weighted by Gasteiger charge is -2.33. The highest BCUT2D eigenvalue weighted by molar-refractivity contribution is 7.21. The van der Waals surface area contributed by atoms with Gasteiger partial charge in [-0.1, -0.05) is 37.5 Å². The van der Waals surface area contributed by atoms with Gasteiger partial charge in [-0.05, 0) is 24.3 Å². The molecule has 1 atom stereocenters. The van der Waals surface area contributed by atoms with Crippen LogP contribution < -0.4 is 5.32 Å². The van der Waals surface area contributed by atoms with E-state index in [0.717, 1.165) is 40.2 Å². The molecule has 31 heavy (non-hydrogen) atoms. The second-order valence-corrected chi connectivity index (χ2v) is 9.69. The maximum atomic E-state index is 12.6. The van der Waals surface area contributed by atoms with E-state index < -0.39 is 0 Å². The first kappa shape index (κ1) is 20.7. The highest BCUT2D eigenvalue weighted by Gasteiger charge is 2.29. The molecule has 0 radical (unpaired) electrons. The van der Waals surface area contributed by atoms with Crippen LogP contribution in [0.25, 0.3) is 10.1 Å². The van der Waals surface area contributed by atoms with E-state index in [9.17, 15) is 4.79 Å².